The molecule has 2 aromatic heterocycles. The standard InChI is InChI=1S/C18H19N3O/c1-2-21(12-8-14-5-9-19-10-6-14)18(22)16-3-4-17-15(13-16)7-11-20-17/h3-7,9-11,13,20H,2,8,12H2,1H3. The van der Waals surface area contributed by atoms with Crippen molar-refractivity contribution in [3.8, 4) is 0 Å². The van der Waals surface area contributed by atoms with Crippen molar-refractivity contribution in [1.82, 2.24) is 14.9 Å². The highest BCUT2D eigenvalue weighted by Gasteiger charge is 2.14. The average molecular weight is 293 g/mol. The van der Waals surface area contributed by atoms with Crippen LogP contribution < -0.4 is 0 Å². The summed E-state index contributed by atoms with van der Waals surface area (Å²) >= 11 is 0. The number of hydrogen-bond donors (Lipinski definition) is 1. The predicted molar refractivity (Wildman–Crippen MR) is 87.8 cm³/mol. The number of nitrogens with one attached hydrogen (secondary N) is 1. The first-order chi connectivity index (χ1) is 10.8. The number of aromatic amines is 1. The number of nitrogens with zero attached hydrogens (tertiary/aromatic N) is 2. The minimum atomic E-state index is 0.0830. The van der Waals surface area contributed by atoms with Gasteiger partial charge in [-0.25, -0.2) is 0 Å². The molecule has 0 saturated heterocycles. The Kier molecular flexibility index (Phi) is 4.19. The largest absolute Gasteiger partial charge is 0.361 e. The Labute approximate surface area is 129 Å². The first-order valence-electron chi connectivity index (χ1n) is 7.53. The molecule has 22 heavy (non-hydrogen) atoms. The lowest BCUT2D eigenvalue weighted by Crippen LogP contribution is -2.32. The first-order valence-corrected chi connectivity index (χ1v) is 7.53. The van der Waals surface area contributed by atoms with Crippen LogP contribution in [0.2, 0.25) is 0 Å². The highest BCUT2D eigenvalue weighted by atomic mass is 16.2. The van der Waals surface area contributed by atoms with Crippen LogP contribution in [0.15, 0.2) is 55.0 Å². The van der Waals surface area contributed by atoms with E-state index in [4.69, 9.17) is 0 Å². The predicted octanol–water partition coefficient (Wildman–Crippen LogP) is 3.27. The van der Waals surface area contributed by atoms with E-state index in [0.717, 1.165) is 22.9 Å². The summed E-state index contributed by atoms with van der Waals surface area (Å²) in [5.74, 6) is 0.0830. The molecule has 112 valence electrons. The van der Waals surface area contributed by atoms with Gasteiger partial charge in [0.15, 0.2) is 0 Å². The SMILES string of the molecule is CCN(CCc1ccncc1)C(=O)c1ccc2[nH]ccc2c1. The summed E-state index contributed by atoms with van der Waals surface area (Å²) in [5.41, 5.74) is 2.99. The topological polar surface area (TPSA) is 49.0 Å². The fraction of sp³-hybridized carbons (Fsp3) is 0.222. The first kappa shape index (κ1) is 14.3. The van der Waals surface area contributed by atoms with Crippen LogP contribution in [0, 0.1) is 0 Å². The number of carbonyl (C=O) groups is 1. The van der Waals surface area contributed by atoms with Crippen LogP contribution in [0.1, 0.15) is 22.8 Å². The van der Waals surface area contributed by atoms with E-state index in [9.17, 15) is 4.79 Å². The molecule has 0 spiro atoms. The van der Waals surface area contributed by atoms with Crippen molar-refractivity contribution in [3.05, 3.63) is 66.1 Å². The minimum Gasteiger partial charge on any atom is -0.361 e. The fourth-order valence-electron chi connectivity index (χ4n) is 2.59. The Morgan fingerprint density at radius 2 is 2.00 bits per heavy atom. The molecule has 3 aromatic rings. The number of aromatic nitrogens is 2. The lowest BCUT2D eigenvalue weighted by atomic mass is 10.1. The Bertz CT molecular complexity index is 764. The van der Waals surface area contributed by atoms with Crippen LogP contribution in [-0.2, 0) is 6.42 Å². The zero-order valence-corrected chi connectivity index (χ0v) is 12.6. The number of H-pyrrole nitrogens is 1. The average Bonchev–Trinajstić information content (AvgIpc) is 3.03. The second-order valence-corrected chi connectivity index (χ2v) is 5.27. The van der Waals surface area contributed by atoms with E-state index in [-0.39, 0.29) is 5.91 Å². The Hall–Kier alpha value is -2.62. The van der Waals surface area contributed by atoms with Crippen LogP contribution in [0.4, 0.5) is 0 Å². The van der Waals surface area contributed by atoms with Crippen molar-refractivity contribution in [2.24, 2.45) is 0 Å². The van der Waals surface area contributed by atoms with Crippen LogP contribution in [0.3, 0.4) is 0 Å². The van der Waals surface area contributed by atoms with Gasteiger partial charge in [-0.2, -0.15) is 0 Å². The number of carbonyl (C=O) groups excluding carboxylic acids is 1. The highest BCUT2D eigenvalue weighted by Crippen LogP contribution is 2.16. The number of pyridine rings is 1. The second-order valence-electron chi connectivity index (χ2n) is 5.27. The summed E-state index contributed by atoms with van der Waals surface area (Å²) in [7, 11) is 0. The molecule has 3 rings (SSSR count). The number of benzene rings is 1. The van der Waals surface area contributed by atoms with Crippen molar-refractivity contribution in [1.29, 1.82) is 0 Å². The van der Waals surface area contributed by atoms with Crippen LogP contribution in [-0.4, -0.2) is 33.9 Å². The molecule has 2 heterocycles. The zero-order chi connectivity index (χ0) is 15.4. The Morgan fingerprint density at radius 1 is 1.18 bits per heavy atom. The quantitative estimate of drug-likeness (QED) is 0.785. The number of fused-ring (bicyclic) bond motifs is 1. The van der Waals surface area contributed by atoms with Crippen molar-refractivity contribution < 1.29 is 4.79 Å². The van der Waals surface area contributed by atoms with E-state index in [1.165, 1.54) is 5.56 Å². The zero-order valence-electron chi connectivity index (χ0n) is 12.6. The lowest BCUT2D eigenvalue weighted by Gasteiger charge is -2.21. The minimum absolute atomic E-state index is 0.0830. The molecular weight excluding hydrogens is 274 g/mol. The van der Waals surface area contributed by atoms with Crippen molar-refractivity contribution in [2.75, 3.05) is 13.1 Å². The van der Waals surface area contributed by atoms with Gasteiger partial charge in [-0.15, -0.1) is 0 Å². The molecule has 0 aliphatic carbocycles. The van der Waals surface area contributed by atoms with E-state index in [1.54, 1.807) is 12.4 Å². The molecule has 1 N–H and O–H groups in total. The monoisotopic (exact) mass is 293 g/mol. The smallest absolute Gasteiger partial charge is 0.253 e. The van der Waals surface area contributed by atoms with Gasteiger partial charge < -0.3 is 9.88 Å². The van der Waals surface area contributed by atoms with Gasteiger partial charge in [0.1, 0.15) is 0 Å². The molecule has 0 atom stereocenters. The van der Waals surface area contributed by atoms with E-state index in [1.807, 2.05) is 54.4 Å². The molecule has 0 saturated carbocycles. The van der Waals surface area contributed by atoms with Gasteiger partial charge in [0, 0.05) is 48.1 Å². The lowest BCUT2D eigenvalue weighted by molar-refractivity contribution is 0.0766. The fourth-order valence-corrected chi connectivity index (χ4v) is 2.59. The van der Waals surface area contributed by atoms with Crippen molar-refractivity contribution in [2.45, 2.75) is 13.3 Å². The number of likely N-dealkylation sites (N-methyl/N-ethyl adjacent to an activating group) is 1. The molecule has 0 aliphatic rings. The van der Waals surface area contributed by atoms with Crippen molar-refractivity contribution in [3.63, 3.8) is 0 Å². The van der Waals surface area contributed by atoms with E-state index in [0.29, 0.717) is 13.1 Å². The third-order valence-corrected chi connectivity index (χ3v) is 3.89. The molecule has 4 heteroatoms. The van der Waals surface area contributed by atoms with Crippen LogP contribution in [0.5, 0.6) is 0 Å². The molecule has 0 aliphatic heterocycles. The van der Waals surface area contributed by atoms with E-state index in [2.05, 4.69) is 9.97 Å². The summed E-state index contributed by atoms with van der Waals surface area (Å²) in [5, 5.41) is 1.07. The molecule has 0 radical (unpaired) electrons. The van der Waals surface area contributed by atoms with Gasteiger partial charge in [0.05, 0.1) is 0 Å². The van der Waals surface area contributed by atoms with Gasteiger partial charge in [-0.3, -0.25) is 9.78 Å². The second kappa shape index (κ2) is 6.43. The third-order valence-electron chi connectivity index (χ3n) is 3.89. The maximum absolute atomic E-state index is 12.7. The summed E-state index contributed by atoms with van der Waals surface area (Å²) in [6.07, 6.45) is 6.30. The molecule has 0 unspecified atom stereocenters. The highest BCUT2D eigenvalue weighted by molar-refractivity contribution is 5.98. The Balaban J connectivity index is 1.73. The van der Waals surface area contributed by atoms with Gasteiger partial charge in [0.25, 0.3) is 5.91 Å². The van der Waals surface area contributed by atoms with Gasteiger partial charge in [0.2, 0.25) is 0 Å². The molecule has 0 fully saturated rings. The normalized spacial score (nSPS) is 10.8. The van der Waals surface area contributed by atoms with Gasteiger partial charge in [-0.05, 0) is 55.3 Å². The summed E-state index contributed by atoms with van der Waals surface area (Å²) < 4.78 is 0. The van der Waals surface area contributed by atoms with Crippen molar-refractivity contribution >= 4 is 16.8 Å². The maximum atomic E-state index is 12.7. The molecular formula is C18H19N3O. The maximum Gasteiger partial charge on any atom is 0.253 e. The number of hydrogen-bond acceptors (Lipinski definition) is 2. The van der Waals surface area contributed by atoms with E-state index >= 15 is 0 Å². The third kappa shape index (κ3) is 3.01. The van der Waals surface area contributed by atoms with Gasteiger partial charge in [-0.1, -0.05) is 0 Å². The summed E-state index contributed by atoms with van der Waals surface area (Å²) in [6.45, 7) is 3.43. The molecule has 0 bridgehead atoms. The number of amides is 1. The summed E-state index contributed by atoms with van der Waals surface area (Å²) in [6, 6.07) is 11.8. The molecule has 1 amide bonds. The summed E-state index contributed by atoms with van der Waals surface area (Å²) in [4.78, 5) is 21.7. The van der Waals surface area contributed by atoms with E-state index < -0.39 is 0 Å². The van der Waals surface area contributed by atoms with Gasteiger partial charge >= 0.3 is 0 Å². The Morgan fingerprint density at radius 3 is 2.77 bits per heavy atom. The molecule has 1 aromatic carbocycles. The van der Waals surface area contributed by atoms with Crippen LogP contribution >= 0.6 is 0 Å². The van der Waals surface area contributed by atoms with Crippen LogP contribution in [0.25, 0.3) is 10.9 Å². The molecule has 4 nitrogen and oxygen atoms in total. The number of rotatable bonds is 5.